The maximum atomic E-state index is 13.3. The number of hydrogen-bond donors (Lipinski definition) is 6. The number of amides is 5. The topological polar surface area (TPSA) is 324 Å². The summed E-state index contributed by atoms with van der Waals surface area (Å²) in [6, 6.07) is 35.8. The van der Waals surface area contributed by atoms with Crippen LogP contribution in [-0.4, -0.2) is 132 Å². The number of nitrogens with two attached hydrogens (primary N) is 2. The Bertz CT molecular complexity index is 4440. The molecule has 6 aromatic rings. The van der Waals surface area contributed by atoms with Crippen molar-refractivity contribution in [2.24, 2.45) is 47.0 Å². The second-order valence-electron chi connectivity index (χ2n) is 32.6. The molecule has 6 aromatic carbocycles. The molecule has 3 fully saturated rings. The number of primary amides is 2. The third-order valence-electron chi connectivity index (χ3n) is 24.7. The van der Waals surface area contributed by atoms with Gasteiger partial charge in [0.25, 0.3) is 17.7 Å². The van der Waals surface area contributed by atoms with Gasteiger partial charge in [0.2, 0.25) is 0 Å². The first kappa shape index (κ1) is 91.6. The van der Waals surface area contributed by atoms with Gasteiger partial charge in [-0.25, -0.2) is 34.8 Å². The zero-order valence-electron chi connectivity index (χ0n) is 69.5. The van der Waals surface area contributed by atoms with Crippen molar-refractivity contribution in [3.63, 3.8) is 0 Å². The number of carbonyl (C=O) groups excluding carboxylic acids is 5. The number of nitrogens with zero attached hydrogens (tertiary/aromatic N) is 3. The number of aliphatic hydroxyl groups is 1. The summed E-state index contributed by atoms with van der Waals surface area (Å²) >= 11 is 0. The van der Waals surface area contributed by atoms with Gasteiger partial charge in [-0.2, -0.15) is 0 Å². The molecule has 116 heavy (non-hydrogen) atoms. The van der Waals surface area contributed by atoms with Crippen LogP contribution in [0.3, 0.4) is 0 Å². The van der Waals surface area contributed by atoms with Crippen LogP contribution in [0.25, 0.3) is 0 Å². The fourth-order valence-electron chi connectivity index (χ4n) is 17.7. The summed E-state index contributed by atoms with van der Waals surface area (Å²) in [5.74, 6) is 3.92. The summed E-state index contributed by atoms with van der Waals surface area (Å²) in [7, 11) is -10.0. The van der Waals surface area contributed by atoms with Gasteiger partial charge >= 0.3 is 12.2 Å². The van der Waals surface area contributed by atoms with Crippen molar-refractivity contribution in [3.05, 3.63) is 207 Å². The fraction of sp³-hybridized carbons (Fsp3) is 0.527. The lowest BCUT2D eigenvalue weighted by Gasteiger charge is -2.32. The normalized spacial score (nSPS) is 22.2. The minimum Gasteiger partial charge on any atom is -0.447 e. The largest absolute Gasteiger partial charge is 0.447 e. The predicted octanol–water partition coefficient (Wildman–Crippen LogP) is 16.1. The van der Waals surface area contributed by atoms with Crippen LogP contribution < -0.4 is 27.4 Å². The van der Waals surface area contributed by atoms with Crippen molar-refractivity contribution < 1.29 is 63.8 Å². The molecule has 0 aromatic heterocycles. The Hall–Kier alpha value is -8.30. The average molecular weight is 1650 g/mol. The second kappa shape index (κ2) is 42.4. The van der Waals surface area contributed by atoms with Crippen LogP contribution in [0.5, 0.6) is 0 Å². The quantitative estimate of drug-likeness (QED) is 0.0238. The molecule has 3 aliphatic heterocycles. The van der Waals surface area contributed by atoms with E-state index in [0.717, 1.165) is 94.0 Å². The molecule has 0 spiro atoms. The molecular weight excluding hydrogens is 1530 g/mol. The van der Waals surface area contributed by atoms with Crippen molar-refractivity contribution in [1.29, 1.82) is 0 Å². The molecule has 3 saturated carbocycles. The lowest BCUT2D eigenvalue weighted by molar-refractivity contribution is 0.0894. The molecule has 8 N–H and O–H groups in total. The van der Waals surface area contributed by atoms with E-state index >= 15 is 0 Å². The third kappa shape index (κ3) is 24.0. The lowest BCUT2D eigenvalue weighted by Crippen LogP contribution is -2.33. The van der Waals surface area contributed by atoms with Crippen molar-refractivity contribution in [3.8, 4) is 0 Å². The maximum Gasteiger partial charge on any atom is 0.404 e. The van der Waals surface area contributed by atoms with Gasteiger partial charge in [0.15, 0.2) is 29.5 Å². The minimum absolute atomic E-state index is 0.00813. The first-order chi connectivity index (χ1) is 55.5. The minimum atomic E-state index is -3.36. The summed E-state index contributed by atoms with van der Waals surface area (Å²) in [6.45, 7) is 29.7. The van der Waals surface area contributed by atoms with Crippen LogP contribution in [0.15, 0.2) is 155 Å². The molecule has 3 aliphatic carbocycles. The van der Waals surface area contributed by atoms with Gasteiger partial charge in [0, 0.05) is 74.1 Å². The zero-order valence-corrected chi connectivity index (χ0v) is 72.0. The average Bonchev–Trinajstić information content (AvgIpc) is 1.65. The van der Waals surface area contributed by atoms with Crippen LogP contribution in [0, 0.1) is 35.5 Å². The Balaban J connectivity index is 0.000000197. The molecule has 6 atom stereocenters. The Kier molecular flexibility index (Phi) is 33.5. The number of hydrogen-bond acceptors (Lipinski definition) is 17. The Morgan fingerprint density at radius 1 is 0.405 bits per heavy atom. The monoisotopic (exact) mass is 1650 g/mol. The second-order valence-corrected chi connectivity index (χ2v) is 39.5. The molecule has 25 heteroatoms. The number of ether oxygens (including phenoxy) is 2. The fourth-order valence-corrected chi connectivity index (χ4v) is 20.4. The first-order valence-corrected chi connectivity index (χ1v) is 46.9. The number of aliphatic hydroxyl groups excluding tert-OH is 1. The third-order valence-corrected chi connectivity index (χ3v) is 30.0. The van der Waals surface area contributed by atoms with Gasteiger partial charge < -0.3 is 42.0 Å². The molecule has 632 valence electrons. The number of nitrogens with one attached hydrogen (secondary N) is 3. The maximum absolute atomic E-state index is 13.3. The van der Waals surface area contributed by atoms with Gasteiger partial charge in [-0.3, -0.25) is 29.1 Å². The van der Waals surface area contributed by atoms with Gasteiger partial charge in [-0.15, -0.1) is 13.2 Å². The summed E-state index contributed by atoms with van der Waals surface area (Å²) in [5, 5.41) is 18.7. The predicted molar refractivity (Wildman–Crippen MR) is 456 cm³/mol. The molecule has 22 nitrogen and oxygen atoms in total. The number of fused-ring (bicyclic) bond motifs is 3. The van der Waals surface area contributed by atoms with Crippen LogP contribution in [0.2, 0.25) is 0 Å². The molecule has 0 unspecified atom stereocenters. The van der Waals surface area contributed by atoms with Crippen molar-refractivity contribution in [2.75, 3.05) is 56.7 Å². The molecule has 3 heterocycles. The smallest absolute Gasteiger partial charge is 0.404 e. The standard InChI is InChI=1S/2C30H41N3O5S.C29H40N2O4S.C2H4/c2*1-4-28-26-15-12-23(16-24(26)18-33(28)17-21-8-6-20(3)7-9-21)29(34)32-27(19-38-30(31)35)22-10-13-25(14-11-22)39(36,37)5-2;1-4-28-26-15-12-23(16-24(26)18-31(28)17-21-8-6-20(3)7-9-21)29(33)30-27(19-32)22-10-13-25(14-11-22)36(34,35)5-2;1-2/h2*10-16,20-21,27-28H,4-9,17-19H2,1-3H3,(H2,31,35)(H,32,34);10-16,20-21,27-28,32H,4-9,17-19H2,1-3H3,(H,30,33);1-2H2/t20?,21?,27-,28+;2*20?,21?,27-,28-;/m000./s1. The summed E-state index contributed by atoms with van der Waals surface area (Å²) in [4.78, 5) is 70.7. The summed E-state index contributed by atoms with van der Waals surface area (Å²) in [5.41, 5.74) is 21.4. The van der Waals surface area contributed by atoms with Gasteiger partial charge in [0.1, 0.15) is 13.2 Å². The van der Waals surface area contributed by atoms with Gasteiger partial charge in [-0.05, 0) is 216 Å². The molecule has 6 aliphatic rings. The van der Waals surface area contributed by atoms with Crippen molar-refractivity contribution >= 4 is 59.4 Å². The number of benzene rings is 6. The number of sulfone groups is 3. The van der Waals surface area contributed by atoms with E-state index in [0.29, 0.717) is 51.5 Å². The Morgan fingerprint density at radius 3 is 0.888 bits per heavy atom. The van der Waals surface area contributed by atoms with Crippen molar-refractivity contribution in [2.45, 2.75) is 229 Å². The highest BCUT2D eigenvalue weighted by Crippen LogP contribution is 2.43. The van der Waals surface area contributed by atoms with Gasteiger partial charge in [-0.1, -0.05) is 155 Å². The summed E-state index contributed by atoms with van der Waals surface area (Å²) < 4.78 is 82.9. The highest BCUT2D eigenvalue weighted by atomic mass is 32.2. The zero-order chi connectivity index (χ0) is 84.2. The number of rotatable bonds is 29. The molecule has 0 radical (unpaired) electrons. The van der Waals surface area contributed by atoms with E-state index in [2.05, 4.69) is 104 Å². The van der Waals surface area contributed by atoms with Crippen LogP contribution >= 0.6 is 0 Å². The Labute approximate surface area is 689 Å². The van der Waals surface area contributed by atoms with Gasteiger partial charge in [0.05, 0.1) is 56.7 Å². The van der Waals surface area contributed by atoms with E-state index in [9.17, 15) is 54.3 Å². The lowest BCUT2D eigenvalue weighted by atomic mass is 9.82. The Morgan fingerprint density at radius 2 is 0.655 bits per heavy atom. The SMILES string of the molecule is C=C.CC[C@@H]1c2ccc(C(=O)N[C@@H](COC(N)=O)c3ccc(S(=O)(=O)CC)cc3)cc2CN1CC1CCC(C)CC1.CC[C@H]1c2ccc(C(=O)N[C@@H](CO)c3ccc(S(=O)(=O)CC)cc3)cc2CN1CC1CCC(C)CC1.CC[C@H]1c2ccc(C(=O)N[C@@H](COC(N)=O)c3ccc(S(=O)(=O)CC)cc3)cc2CN1CC1CCC(C)CC1. The number of carbonyl (C=O) groups is 5. The van der Waals surface area contributed by atoms with E-state index in [-0.39, 0.29) is 69.5 Å². The van der Waals surface area contributed by atoms with Crippen LogP contribution in [0.4, 0.5) is 9.59 Å². The molecular formula is C91H126N8O14S3. The van der Waals surface area contributed by atoms with E-state index in [1.54, 1.807) is 57.2 Å². The van der Waals surface area contributed by atoms with E-state index < -0.39 is 59.8 Å². The molecule has 0 saturated heterocycles. The van der Waals surface area contributed by atoms with E-state index in [1.165, 1.54) is 147 Å². The molecule has 12 rings (SSSR count). The van der Waals surface area contributed by atoms with Crippen LogP contribution in [0.1, 0.15) is 276 Å². The highest BCUT2D eigenvalue weighted by Gasteiger charge is 2.37. The van der Waals surface area contributed by atoms with Crippen molar-refractivity contribution in [1.82, 2.24) is 30.7 Å². The molecule has 0 bridgehead atoms. The van der Waals surface area contributed by atoms with Crippen LogP contribution in [-0.2, 0) is 58.6 Å². The highest BCUT2D eigenvalue weighted by molar-refractivity contribution is 7.92. The molecule has 5 amide bonds. The van der Waals surface area contributed by atoms with E-state index in [1.807, 2.05) is 36.4 Å². The summed E-state index contributed by atoms with van der Waals surface area (Å²) in [6.07, 6.45) is 16.9. The first-order valence-electron chi connectivity index (χ1n) is 41.9. The van der Waals surface area contributed by atoms with E-state index in [4.69, 9.17) is 20.9 Å².